The van der Waals surface area contributed by atoms with Crippen molar-refractivity contribution in [2.45, 2.75) is 55.4 Å². The van der Waals surface area contributed by atoms with Crippen LogP contribution >= 0.6 is 11.8 Å². The van der Waals surface area contributed by atoms with Gasteiger partial charge in [0.05, 0.1) is 6.42 Å². The second kappa shape index (κ2) is 6.70. The van der Waals surface area contributed by atoms with Gasteiger partial charge in [-0.3, -0.25) is 14.6 Å². The van der Waals surface area contributed by atoms with Crippen molar-refractivity contribution in [1.82, 2.24) is 15.2 Å². The van der Waals surface area contributed by atoms with Crippen molar-refractivity contribution in [2.24, 2.45) is 0 Å². The van der Waals surface area contributed by atoms with Crippen LogP contribution in [0.2, 0.25) is 0 Å². The molecule has 0 amide bonds. The monoisotopic (exact) mass is 283 g/mol. The molecule has 104 valence electrons. The van der Waals surface area contributed by atoms with E-state index in [1.54, 1.807) is 11.8 Å². The van der Waals surface area contributed by atoms with E-state index in [9.17, 15) is 9.59 Å². The van der Waals surface area contributed by atoms with Crippen LogP contribution in [0.25, 0.3) is 0 Å². The summed E-state index contributed by atoms with van der Waals surface area (Å²) >= 11 is 1.57. The first kappa shape index (κ1) is 14.0. The number of carboxylic acids is 1. The molecule has 0 bridgehead atoms. The Hall–Kier alpha value is -1.37. The molecule has 0 aromatic carbocycles. The van der Waals surface area contributed by atoms with Crippen molar-refractivity contribution in [1.29, 1.82) is 0 Å². The van der Waals surface area contributed by atoms with E-state index in [-0.39, 0.29) is 24.1 Å². The van der Waals surface area contributed by atoms with Crippen LogP contribution in [0.5, 0.6) is 0 Å². The lowest BCUT2D eigenvalue weighted by atomic mass is 10.0. The van der Waals surface area contributed by atoms with Crippen LogP contribution in [0.3, 0.4) is 0 Å². The molecule has 2 rings (SSSR count). The number of aromatic nitrogens is 3. The van der Waals surface area contributed by atoms with Gasteiger partial charge in [0.1, 0.15) is 5.69 Å². The predicted octanol–water partition coefficient (Wildman–Crippen LogP) is 1.61. The molecule has 1 heterocycles. The summed E-state index contributed by atoms with van der Waals surface area (Å²) in [5.74, 6) is -0.943. The van der Waals surface area contributed by atoms with Gasteiger partial charge in [0.25, 0.3) is 5.56 Å². The molecule has 0 atom stereocenters. The standard InChI is InChI=1S/C12H17N3O3S/c16-10(17)7-6-9-11(18)13-12(15-14-9)19-8-4-2-1-3-5-8/h8H,1-7H2,(H,16,17)(H,13,15,18). The van der Waals surface area contributed by atoms with Crippen molar-refractivity contribution in [2.75, 3.05) is 0 Å². The van der Waals surface area contributed by atoms with Crippen LogP contribution in [0.4, 0.5) is 0 Å². The SMILES string of the molecule is O=C(O)CCc1nnc(SC2CCCCC2)[nH]c1=O. The molecule has 1 fully saturated rings. The first-order valence-electron chi connectivity index (χ1n) is 6.49. The van der Waals surface area contributed by atoms with E-state index >= 15 is 0 Å². The Labute approximate surface area is 115 Å². The van der Waals surface area contributed by atoms with Crippen LogP contribution < -0.4 is 5.56 Å². The minimum atomic E-state index is -0.943. The molecule has 0 radical (unpaired) electrons. The van der Waals surface area contributed by atoms with Crippen LogP contribution in [0.1, 0.15) is 44.2 Å². The van der Waals surface area contributed by atoms with Crippen molar-refractivity contribution in [3.05, 3.63) is 16.0 Å². The second-order valence-corrected chi connectivity index (χ2v) is 5.97. The number of thioether (sulfide) groups is 1. The van der Waals surface area contributed by atoms with Crippen molar-refractivity contribution < 1.29 is 9.90 Å². The number of rotatable bonds is 5. The maximum atomic E-state index is 11.7. The Kier molecular flexibility index (Phi) is 4.95. The Morgan fingerprint density at radius 1 is 1.32 bits per heavy atom. The third-order valence-corrected chi connectivity index (χ3v) is 4.36. The summed E-state index contributed by atoms with van der Waals surface area (Å²) in [5.41, 5.74) is -0.134. The highest BCUT2D eigenvalue weighted by Crippen LogP contribution is 2.30. The fourth-order valence-corrected chi connectivity index (χ4v) is 3.25. The molecule has 7 heteroatoms. The van der Waals surface area contributed by atoms with Gasteiger partial charge in [-0.05, 0) is 12.8 Å². The van der Waals surface area contributed by atoms with Gasteiger partial charge in [-0.25, -0.2) is 0 Å². The van der Waals surface area contributed by atoms with Crippen molar-refractivity contribution in [3.8, 4) is 0 Å². The summed E-state index contributed by atoms with van der Waals surface area (Å²) in [4.78, 5) is 24.9. The molecule has 1 saturated carbocycles. The molecule has 0 unspecified atom stereocenters. The highest BCUT2D eigenvalue weighted by atomic mass is 32.2. The molecule has 1 aliphatic carbocycles. The maximum absolute atomic E-state index is 11.7. The lowest BCUT2D eigenvalue weighted by Crippen LogP contribution is -2.19. The molecule has 2 N–H and O–H groups in total. The van der Waals surface area contributed by atoms with Gasteiger partial charge in [0.2, 0.25) is 0 Å². The maximum Gasteiger partial charge on any atom is 0.303 e. The fourth-order valence-electron chi connectivity index (χ4n) is 2.13. The molecule has 0 aliphatic heterocycles. The zero-order chi connectivity index (χ0) is 13.7. The summed E-state index contributed by atoms with van der Waals surface area (Å²) < 4.78 is 0. The van der Waals surface area contributed by atoms with Crippen molar-refractivity contribution in [3.63, 3.8) is 0 Å². The van der Waals surface area contributed by atoms with E-state index in [1.165, 1.54) is 19.3 Å². The molecule has 0 saturated heterocycles. The molecule has 1 aromatic heterocycles. The molecule has 19 heavy (non-hydrogen) atoms. The van der Waals surface area contributed by atoms with Gasteiger partial charge in [-0.2, -0.15) is 0 Å². The molecule has 0 spiro atoms. The van der Waals surface area contributed by atoms with Gasteiger partial charge in [0, 0.05) is 11.7 Å². The first-order chi connectivity index (χ1) is 9.15. The Morgan fingerprint density at radius 3 is 2.68 bits per heavy atom. The highest BCUT2D eigenvalue weighted by molar-refractivity contribution is 7.99. The smallest absolute Gasteiger partial charge is 0.303 e. The molecular weight excluding hydrogens is 266 g/mol. The number of carbonyl (C=O) groups is 1. The Morgan fingerprint density at radius 2 is 2.05 bits per heavy atom. The largest absolute Gasteiger partial charge is 0.481 e. The average Bonchev–Trinajstić information content (AvgIpc) is 2.39. The van der Waals surface area contributed by atoms with Crippen LogP contribution in [-0.4, -0.2) is 31.5 Å². The number of hydrogen-bond donors (Lipinski definition) is 2. The number of aryl methyl sites for hydroxylation is 1. The third kappa shape index (κ3) is 4.34. The lowest BCUT2D eigenvalue weighted by Gasteiger charge is -2.19. The summed E-state index contributed by atoms with van der Waals surface area (Å²) in [7, 11) is 0. The van der Waals surface area contributed by atoms with E-state index in [2.05, 4.69) is 15.2 Å². The highest BCUT2D eigenvalue weighted by Gasteiger charge is 2.16. The Bertz CT molecular complexity index is 497. The average molecular weight is 283 g/mol. The zero-order valence-corrected chi connectivity index (χ0v) is 11.4. The summed E-state index contributed by atoms with van der Waals surface area (Å²) in [6, 6.07) is 0. The van der Waals surface area contributed by atoms with Crippen molar-refractivity contribution >= 4 is 17.7 Å². The van der Waals surface area contributed by atoms with Gasteiger partial charge in [-0.1, -0.05) is 31.0 Å². The van der Waals surface area contributed by atoms with E-state index in [0.29, 0.717) is 10.4 Å². The Balaban J connectivity index is 1.97. The topological polar surface area (TPSA) is 95.9 Å². The normalized spacial score (nSPS) is 16.4. The van der Waals surface area contributed by atoms with Crippen LogP contribution in [0.15, 0.2) is 9.95 Å². The summed E-state index contributed by atoms with van der Waals surface area (Å²) in [6.07, 6.45) is 6.05. The fraction of sp³-hybridized carbons (Fsp3) is 0.667. The summed E-state index contributed by atoms with van der Waals surface area (Å²) in [6.45, 7) is 0. The minimum absolute atomic E-state index is 0.104. The number of aliphatic carboxylic acids is 1. The number of H-pyrrole nitrogens is 1. The van der Waals surface area contributed by atoms with E-state index in [1.807, 2.05) is 0 Å². The number of nitrogens with one attached hydrogen (secondary N) is 1. The van der Waals surface area contributed by atoms with Crippen LogP contribution in [0, 0.1) is 0 Å². The van der Waals surface area contributed by atoms with Gasteiger partial charge >= 0.3 is 5.97 Å². The molecular formula is C12H17N3O3S. The third-order valence-electron chi connectivity index (χ3n) is 3.15. The molecule has 1 aromatic rings. The van der Waals surface area contributed by atoms with Gasteiger partial charge in [-0.15, -0.1) is 10.2 Å². The van der Waals surface area contributed by atoms with E-state index in [0.717, 1.165) is 12.8 Å². The first-order valence-corrected chi connectivity index (χ1v) is 7.37. The van der Waals surface area contributed by atoms with E-state index < -0.39 is 5.97 Å². The zero-order valence-electron chi connectivity index (χ0n) is 10.6. The van der Waals surface area contributed by atoms with E-state index in [4.69, 9.17) is 5.11 Å². The number of carboxylic acid groups (broad SMARTS) is 1. The minimum Gasteiger partial charge on any atom is -0.481 e. The number of nitrogens with zero attached hydrogens (tertiary/aromatic N) is 2. The molecule has 6 nitrogen and oxygen atoms in total. The molecule has 1 aliphatic rings. The number of hydrogen-bond acceptors (Lipinski definition) is 5. The quantitative estimate of drug-likeness (QED) is 0.852. The predicted molar refractivity (Wildman–Crippen MR) is 71.3 cm³/mol. The summed E-state index contributed by atoms with van der Waals surface area (Å²) in [5, 5.41) is 17.4. The number of aromatic amines is 1. The van der Waals surface area contributed by atoms with Crippen LogP contribution in [-0.2, 0) is 11.2 Å². The second-order valence-electron chi connectivity index (χ2n) is 4.68. The lowest BCUT2D eigenvalue weighted by molar-refractivity contribution is -0.136. The van der Waals surface area contributed by atoms with Gasteiger partial charge < -0.3 is 5.11 Å². The van der Waals surface area contributed by atoms with Gasteiger partial charge in [0.15, 0.2) is 5.16 Å².